The van der Waals surface area contributed by atoms with Gasteiger partial charge in [0.15, 0.2) is 0 Å². The Morgan fingerprint density at radius 2 is 1.62 bits per heavy atom. The summed E-state index contributed by atoms with van der Waals surface area (Å²) in [5.74, 6) is 0. The van der Waals surface area contributed by atoms with E-state index >= 15 is 0 Å². The van der Waals surface area contributed by atoms with Crippen molar-refractivity contribution in [3.63, 3.8) is 0 Å². The van der Waals surface area contributed by atoms with Crippen molar-refractivity contribution in [1.29, 1.82) is 0 Å². The molecular formula is C3H2F7N2O3S+. The van der Waals surface area contributed by atoms with Crippen LogP contribution >= 0.6 is 0 Å². The predicted molar refractivity (Wildman–Crippen MR) is 30.7 cm³/mol. The molecule has 2 unspecified atom stereocenters. The lowest BCUT2D eigenvalue weighted by Crippen LogP contribution is -2.59. The zero-order valence-electron chi connectivity index (χ0n) is 6.79. The van der Waals surface area contributed by atoms with Gasteiger partial charge in [-0.3, -0.25) is 0 Å². The molecule has 0 amide bonds. The van der Waals surface area contributed by atoms with Crippen molar-refractivity contribution >= 4 is 10.3 Å². The molecule has 0 bridgehead atoms. The Morgan fingerprint density at radius 3 is 1.75 bits per heavy atom. The molecule has 0 spiro atoms. The summed E-state index contributed by atoms with van der Waals surface area (Å²) in [5, 5.41) is -2.90. The number of hydrogen-bond acceptors (Lipinski definition) is 3. The summed E-state index contributed by atoms with van der Waals surface area (Å²) in [7, 11) is -6.68. The van der Waals surface area contributed by atoms with Gasteiger partial charge >= 0.3 is 28.8 Å². The molecule has 1 heterocycles. The van der Waals surface area contributed by atoms with Gasteiger partial charge in [0.2, 0.25) is 0 Å². The molecule has 1 fully saturated rings. The van der Waals surface area contributed by atoms with Gasteiger partial charge in [-0.2, -0.15) is 13.2 Å². The van der Waals surface area contributed by atoms with Crippen LogP contribution in [0.25, 0.3) is 0 Å². The number of nitrogens with zero attached hydrogens (tertiary/aromatic N) is 2. The monoisotopic (exact) mass is 279 g/mol. The van der Waals surface area contributed by atoms with Gasteiger partial charge in [0, 0.05) is 4.48 Å². The molecule has 0 radical (unpaired) electrons. The summed E-state index contributed by atoms with van der Waals surface area (Å²) in [6.45, 7) is 0. The molecule has 1 aliphatic rings. The van der Waals surface area contributed by atoms with E-state index in [0.29, 0.717) is 0 Å². The van der Waals surface area contributed by atoms with E-state index in [9.17, 15) is 39.3 Å². The second-order valence-corrected chi connectivity index (χ2v) is 4.17. The van der Waals surface area contributed by atoms with Crippen molar-refractivity contribution in [1.82, 2.24) is 5.12 Å². The van der Waals surface area contributed by atoms with E-state index < -0.39 is 38.0 Å². The van der Waals surface area contributed by atoms with Crippen molar-refractivity contribution in [2.45, 2.75) is 18.5 Å². The summed E-state index contributed by atoms with van der Waals surface area (Å²) >= 11 is 0. The van der Waals surface area contributed by atoms with Gasteiger partial charge in [0.1, 0.15) is 4.11 Å². The standard InChI is InChI=1S/C3HF7N2O3S/c4-1-2(5,6)11(9)3(7,8)12(1,10)16(13,14)15/h1H/p+1. The predicted octanol–water partition coefficient (Wildman–Crippen LogP) is 1.13. The van der Waals surface area contributed by atoms with E-state index in [2.05, 4.69) is 0 Å². The van der Waals surface area contributed by atoms with Crippen LogP contribution in [0.5, 0.6) is 0 Å². The maximum absolute atomic E-state index is 12.9. The molecule has 0 aliphatic carbocycles. The van der Waals surface area contributed by atoms with Crippen molar-refractivity contribution < 1.29 is 48.0 Å². The van der Waals surface area contributed by atoms with E-state index in [-0.39, 0.29) is 0 Å². The third kappa shape index (κ3) is 1.19. The Kier molecular flexibility index (Phi) is 2.48. The van der Waals surface area contributed by atoms with Gasteiger partial charge < -0.3 is 0 Å². The fourth-order valence-corrected chi connectivity index (χ4v) is 1.69. The van der Waals surface area contributed by atoms with Gasteiger partial charge in [-0.05, 0) is 0 Å². The third-order valence-electron chi connectivity index (χ3n) is 1.78. The van der Waals surface area contributed by atoms with E-state index in [0.717, 1.165) is 0 Å². The second-order valence-electron chi connectivity index (χ2n) is 2.74. The molecule has 1 saturated heterocycles. The molecule has 0 aromatic heterocycles. The second kappa shape index (κ2) is 2.96. The molecular weight excluding hydrogens is 277 g/mol. The first-order valence-corrected chi connectivity index (χ1v) is 4.63. The van der Waals surface area contributed by atoms with Gasteiger partial charge in [-0.1, -0.05) is 0 Å². The smallest absolute Gasteiger partial charge is 0.238 e. The summed E-state index contributed by atoms with van der Waals surface area (Å²) in [6.07, 6.45) is -11.0. The van der Waals surface area contributed by atoms with Gasteiger partial charge in [0.25, 0.3) is 0 Å². The molecule has 13 heteroatoms. The zero-order chi connectivity index (χ0) is 13.2. The largest absolute Gasteiger partial charge is 0.551 e. The van der Waals surface area contributed by atoms with Crippen LogP contribution in [0.15, 0.2) is 0 Å². The molecule has 0 aromatic carbocycles. The minimum absolute atomic E-state index is 2.90. The molecule has 1 rings (SSSR count). The Balaban J connectivity index is 3.55. The van der Waals surface area contributed by atoms with Crippen LogP contribution in [0, 0.1) is 0 Å². The lowest BCUT2D eigenvalue weighted by atomic mass is 10.5. The van der Waals surface area contributed by atoms with Crippen molar-refractivity contribution in [3.8, 4) is 0 Å². The average molecular weight is 279 g/mol. The topological polar surface area (TPSA) is 57.6 Å². The first kappa shape index (κ1) is 13.4. The molecule has 1 aliphatic heterocycles. The van der Waals surface area contributed by atoms with Gasteiger partial charge in [-0.25, -0.2) is 4.55 Å². The summed E-state index contributed by atoms with van der Waals surface area (Å²) < 4.78 is 111. The van der Waals surface area contributed by atoms with Crippen LogP contribution < -0.4 is 0 Å². The molecule has 0 saturated carbocycles. The Hall–Kier alpha value is -0.660. The van der Waals surface area contributed by atoms with Crippen LogP contribution in [0.2, 0.25) is 0 Å². The van der Waals surface area contributed by atoms with Crippen molar-refractivity contribution in [2.75, 3.05) is 0 Å². The molecule has 5 nitrogen and oxygen atoms in total. The molecule has 0 aromatic rings. The van der Waals surface area contributed by atoms with E-state index in [1.165, 1.54) is 0 Å². The number of quaternary nitrogens is 1. The quantitative estimate of drug-likeness (QED) is 0.338. The third-order valence-corrected chi connectivity index (χ3v) is 2.86. The normalized spacial score (nSPS) is 38.9. The number of halogens is 7. The lowest BCUT2D eigenvalue weighted by Gasteiger charge is -2.21. The number of alkyl halides is 5. The molecule has 2 atom stereocenters. The summed E-state index contributed by atoms with van der Waals surface area (Å²) in [5.41, 5.74) is 0. The fraction of sp³-hybridized carbons (Fsp3) is 1.00. The molecule has 96 valence electrons. The highest BCUT2D eigenvalue weighted by Crippen LogP contribution is 2.54. The minimum Gasteiger partial charge on any atom is -0.238 e. The maximum Gasteiger partial charge on any atom is 0.551 e. The minimum atomic E-state index is -6.68. The fourth-order valence-electron chi connectivity index (χ4n) is 0.984. The van der Waals surface area contributed by atoms with Gasteiger partial charge in [0.05, 0.1) is 5.12 Å². The van der Waals surface area contributed by atoms with Crippen LogP contribution in [-0.4, -0.2) is 40.7 Å². The Morgan fingerprint density at radius 1 is 1.25 bits per heavy atom. The highest BCUT2D eigenvalue weighted by Gasteiger charge is 2.91. The Bertz CT molecular complexity index is 411. The first-order chi connectivity index (χ1) is 6.81. The van der Waals surface area contributed by atoms with Gasteiger partial charge in [-0.15, -0.1) is 21.7 Å². The van der Waals surface area contributed by atoms with Crippen molar-refractivity contribution in [2.24, 2.45) is 0 Å². The summed E-state index contributed by atoms with van der Waals surface area (Å²) in [6, 6.07) is -5.76. The summed E-state index contributed by atoms with van der Waals surface area (Å²) in [4.78, 5) is 0. The number of hydrogen-bond donors (Lipinski definition) is 1. The maximum atomic E-state index is 12.9. The van der Waals surface area contributed by atoms with E-state index in [4.69, 9.17) is 4.55 Å². The van der Waals surface area contributed by atoms with E-state index in [1.807, 2.05) is 0 Å². The van der Waals surface area contributed by atoms with Crippen LogP contribution in [0.4, 0.5) is 30.9 Å². The van der Waals surface area contributed by atoms with Crippen LogP contribution in [0.3, 0.4) is 0 Å². The SMILES string of the molecule is O=S(=O)(O)[N+]1(F)C(F)C(F)(F)N(F)C1(F)F. The zero-order valence-corrected chi connectivity index (χ0v) is 7.61. The van der Waals surface area contributed by atoms with Crippen LogP contribution in [0.1, 0.15) is 0 Å². The Labute approximate surface area is 83.0 Å². The highest BCUT2D eigenvalue weighted by atomic mass is 32.2. The highest BCUT2D eigenvalue weighted by molar-refractivity contribution is 7.80. The average Bonchev–Trinajstić information content (AvgIpc) is 2.18. The van der Waals surface area contributed by atoms with Crippen molar-refractivity contribution in [3.05, 3.63) is 0 Å². The molecule has 1 N–H and O–H groups in total. The van der Waals surface area contributed by atoms with E-state index in [1.54, 1.807) is 0 Å². The lowest BCUT2D eigenvalue weighted by molar-refractivity contribution is -1.05. The number of rotatable bonds is 1. The van der Waals surface area contributed by atoms with Crippen LogP contribution in [-0.2, 0) is 10.3 Å². The molecule has 16 heavy (non-hydrogen) atoms. The first-order valence-electron chi connectivity index (χ1n) is 3.23.